The van der Waals surface area contributed by atoms with Crippen LogP contribution in [0.5, 0.6) is 0 Å². The average molecular weight is 373 g/mol. The van der Waals surface area contributed by atoms with Crippen molar-refractivity contribution in [1.29, 1.82) is 0 Å². The molecule has 1 aliphatic carbocycles. The second-order valence-corrected chi connectivity index (χ2v) is 9.52. The highest BCUT2D eigenvalue weighted by Gasteiger charge is 2.59. The van der Waals surface area contributed by atoms with Crippen molar-refractivity contribution < 1.29 is 19.1 Å². The summed E-state index contributed by atoms with van der Waals surface area (Å²) in [4.78, 5) is 28.9. The molecule has 2 unspecified atom stereocenters. The van der Waals surface area contributed by atoms with Crippen molar-refractivity contribution in [3.63, 3.8) is 0 Å². The van der Waals surface area contributed by atoms with Gasteiger partial charge in [0, 0.05) is 24.9 Å². The van der Waals surface area contributed by atoms with Gasteiger partial charge in [-0.1, -0.05) is 6.92 Å². The van der Waals surface area contributed by atoms with Crippen LogP contribution in [0.3, 0.4) is 0 Å². The van der Waals surface area contributed by atoms with Crippen LogP contribution in [0, 0.1) is 11.8 Å². The molecule has 2 fully saturated rings. The smallest absolute Gasteiger partial charge is 0.410 e. The van der Waals surface area contributed by atoms with Crippen LogP contribution in [0.2, 0.25) is 0 Å². The largest absolute Gasteiger partial charge is 0.444 e. The summed E-state index contributed by atoms with van der Waals surface area (Å²) in [5.74, 6) is 0.885. The van der Waals surface area contributed by atoms with Gasteiger partial charge < -0.3 is 19.3 Å². The third kappa shape index (κ3) is 4.96. The lowest BCUT2D eigenvalue weighted by Gasteiger charge is -2.30. The fourth-order valence-electron chi connectivity index (χ4n) is 3.36. The van der Waals surface area contributed by atoms with Crippen molar-refractivity contribution in [1.82, 2.24) is 9.80 Å². The molecule has 2 amide bonds. The van der Waals surface area contributed by atoms with Crippen LogP contribution in [0.25, 0.3) is 0 Å². The molecule has 4 atom stereocenters. The highest BCUT2D eigenvalue weighted by atomic mass is 32.1. The number of thiol groups is 1. The first-order valence-electron chi connectivity index (χ1n) is 8.94. The van der Waals surface area contributed by atoms with Gasteiger partial charge >= 0.3 is 12.2 Å². The average Bonchev–Trinajstić information content (AvgIpc) is 3.09. The van der Waals surface area contributed by atoms with Crippen molar-refractivity contribution in [2.45, 2.75) is 71.8 Å². The Hall–Kier alpha value is -1.11. The Morgan fingerprint density at radius 2 is 1.28 bits per heavy atom. The number of carbonyl (C=O) groups excluding carboxylic acids is 2. The number of nitrogens with zero attached hydrogens (tertiary/aromatic N) is 2. The van der Waals surface area contributed by atoms with Crippen LogP contribution < -0.4 is 0 Å². The molecule has 1 aliphatic heterocycles. The van der Waals surface area contributed by atoms with Crippen molar-refractivity contribution in [3.05, 3.63) is 0 Å². The lowest BCUT2D eigenvalue weighted by atomic mass is 10.1. The lowest BCUT2D eigenvalue weighted by molar-refractivity contribution is 0.0194. The van der Waals surface area contributed by atoms with E-state index in [0.717, 1.165) is 0 Å². The van der Waals surface area contributed by atoms with Crippen LogP contribution in [-0.4, -0.2) is 64.1 Å². The molecule has 1 heterocycles. The minimum Gasteiger partial charge on any atom is -0.444 e. The second-order valence-electron chi connectivity index (χ2n) is 9.15. The van der Waals surface area contributed by atoms with Gasteiger partial charge in [-0.2, -0.15) is 12.6 Å². The van der Waals surface area contributed by atoms with Gasteiger partial charge in [-0.25, -0.2) is 9.59 Å². The van der Waals surface area contributed by atoms with E-state index >= 15 is 0 Å². The van der Waals surface area contributed by atoms with Gasteiger partial charge in [0.15, 0.2) is 0 Å². The summed E-state index contributed by atoms with van der Waals surface area (Å²) >= 11 is 4.41. The zero-order valence-electron chi connectivity index (χ0n) is 16.4. The number of ether oxygens (including phenoxy) is 2. The van der Waals surface area contributed by atoms with E-state index in [1.54, 1.807) is 9.80 Å². The molecule has 0 bridgehead atoms. The van der Waals surface area contributed by atoms with Gasteiger partial charge in [-0.3, -0.25) is 0 Å². The first-order chi connectivity index (χ1) is 11.3. The van der Waals surface area contributed by atoms with Gasteiger partial charge in [0.25, 0.3) is 0 Å². The van der Waals surface area contributed by atoms with E-state index in [9.17, 15) is 9.59 Å². The maximum Gasteiger partial charge on any atom is 0.410 e. The highest BCUT2D eigenvalue weighted by molar-refractivity contribution is 7.80. The standard InChI is InChI=1S/C18H32N2O4S/c1-11-13-14(11)20(16(22)24-18(5,6)7)9-12(10-25)8-19(13)15(21)23-17(2,3)4/h11-14,25H,8-10H2,1-7H3/t11?,12?,13-,14+. The zero-order chi connectivity index (χ0) is 19.2. The summed E-state index contributed by atoms with van der Waals surface area (Å²) in [6.07, 6.45) is -0.630. The van der Waals surface area contributed by atoms with E-state index in [2.05, 4.69) is 19.6 Å². The maximum atomic E-state index is 12.7. The Balaban J connectivity index is 2.19. The minimum atomic E-state index is -0.543. The molecular weight excluding hydrogens is 340 g/mol. The van der Waals surface area contributed by atoms with E-state index in [4.69, 9.17) is 9.47 Å². The quantitative estimate of drug-likeness (QED) is 0.717. The molecule has 0 aromatic heterocycles. The maximum absolute atomic E-state index is 12.7. The molecule has 25 heavy (non-hydrogen) atoms. The van der Waals surface area contributed by atoms with Gasteiger partial charge in [0.2, 0.25) is 0 Å². The summed E-state index contributed by atoms with van der Waals surface area (Å²) in [6.45, 7) is 14.3. The monoisotopic (exact) mass is 372 g/mol. The summed E-state index contributed by atoms with van der Waals surface area (Å²) in [5, 5.41) is 0. The Kier molecular flexibility index (Phi) is 5.57. The van der Waals surface area contributed by atoms with Gasteiger partial charge in [-0.15, -0.1) is 0 Å². The van der Waals surface area contributed by atoms with Crippen LogP contribution in [0.1, 0.15) is 48.5 Å². The predicted molar refractivity (Wildman–Crippen MR) is 100.0 cm³/mol. The van der Waals surface area contributed by atoms with Crippen molar-refractivity contribution >= 4 is 24.8 Å². The lowest BCUT2D eigenvalue weighted by Crippen LogP contribution is -2.42. The number of hydrogen-bond acceptors (Lipinski definition) is 5. The van der Waals surface area contributed by atoms with Crippen LogP contribution in [0.4, 0.5) is 9.59 Å². The number of amides is 2. The first kappa shape index (κ1) is 20.2. The molecule has 0 spiro atoms. The third-order valence-corrected chi connectivity index (χ3v) is 4.95. The van der Waals surface area contributed by atoms with Gasteiger partial charge in [-0.05, 0) is 47.3 Å². The van der Waals surface area contributed by atoms with Crippen LogP contribution in [-0.2, 0) is 9.47 Å². The summed E-state index contributed by atoms with van der Waals surface area (Å²) < 4.78 is 11.1. The molecule has 6 nitrogen and oxygen atoms in total. The van der Waals surface area contributed by atoms with E-state index in [-0.39, 0.29) is 36.1 Å². The SMILES string of the molecule is CC1[C@@H]2[C@H]1N(C(=O)OC(C)(C)C)CC(CS)CN2C(=O)OC(C)(C)C. The fraction of sp³-hybridized carbons (Fsp3) is 0.889. The Morgan fingerprint density at radius 1 is 0.920 bits per heavy atom. The number of hydrogen-bond donors (Lipinski definition) is 1. The molecule has 1 saturated carbocycles. The normalized spacial score (nSPS) is 29.6. The summed E-state index contributed by atoms with van der Waals surface area (Å²) in [6, 6.07) is -0.0421. The van der Waals surface area contributed by atoms with E-state index in [1.807, 2.05) is 41.5 Å². The topological polar surface area (TPSA) is 59.1 Å². The van der Waals surface area contributed by atoms with Crippen molar-refractivity contribution in [2.24, 2.45) is 11.8 Å². The molecular formula is C18H32N2O4S. The molecule has 0 aromatic carbocycles. The Morgan fingerprint density at radius 3 is 1.56 bits per heavy atom. The van der Waals surface area contributed by atoms with Gasteiger partial charge in [0.1, 0.15) is 11.2 Å². The van der Waals surface area contributed by atoms with Crippen LogP contribution in [0.15, 0.2) is 0 Å². The second kappa shape index (κ2) is 6.89. The predicted octanol–water partition coefficient (Wildman–Crippen LogP) is 3.41. The first-order valence-corrected chi connectivity index (χ1v) is 9.57. The molecule has 7 heteroatoms. The Bertz CT molecular complexity index is 482. The third-order valence-electron chi connectivity index (χ3n) is 4.43. The van der Waals surface area contributed by atoms with E-state index in [0.29, 0.717) is 18.8 Å². The Labute approximate surface area is 156 Å². The summed E-state index contributed by atoms with van der Waals surface area (Å²) in [7, 11) is 0. The molecule has 2 rings (SSSR count). The zero-order valence-corrected chi connectivity index (χ0v) is 17.3. The molecule has 0 N–H and O–H groups in total. The van der Waals surface area contributed by atoms with Crippen LogP contribution >= 0.6 is 12.6 Å². The molecule has 2 aliphatic rings. The molecule has 1 saturated heterocycles. The van der Waals surface area contributed by atoms with E-state index < -0.39 is 11.2 Å². The van der Waals surface area contributed by atoms with Crippen molar-refractivity contribution in [3.8, 4) is 0 Å². The molecule has 0 radical (unpaired) electrons. The highest BCUT2D eigenvalue weighted by Crippen LogP contribution is 2.44. The number of fused-ring (bicyclic) bond motifs is 1. The fourth-order valence-corrected chi connectivity index (χ4v) is 3.60. The minimum absolute atomic E-state index is 0.0211. The van der Waals surface area contributed by atoms with Gasteiger partial charge in [0.05, 0.1) is 12.1 Å². The molecule has 0 aromatic rings. The molecule has 144 valence electrons. The number of carbonyl (C=O) groups is 2. The number of rotatable bonds is 1. The van der Waals surface area contributed by atoms with Crippen molar-refractivity contribution in [2.75, 3.05) is 18.8 Å². The van der Waals surface area contributed by atoms with E-state index in [1.165, 1.54) is 0 Å². The summed E-state index contributed by atoms with van der Waals surface area (Å²) in [5.41, 5.74) is -1.09.